The molecule has 180 valence electrons. The van der Waals surface area contributed by atoms with Gasteiger partial charge in [-0.1, -0.05) is 54.4 Å². The highest BCUT2D eigenvalue weighted by atomic mass is 16.5. The number of aryl methyl sites for hydroxylation is 1. The molecule has 1 aromatic heterocycles. The molecule has 2 aromatic carbocycles. The third-order valence-electron chi connectivity index (χ3n) is 6.75. The molecule has 1 heterocycles. The topological polar surface area (TPSA) is 61.6 Å². The Morgan fingerprint density at radius 3 is 2.50 bits per heavy atom. The summed E-state index contributed by atoms with van der Waals surface area (Å²) in [6.45, 7) is 8.32. The summed E-state index contributed by atoms with van der Waals surface area (Å²) in [6, 6.07) is 18.3. The van der Waals surface area contributed by atoms with Crippen molar-refractivity contribution in [3.05, 3.63) is 65.9 Å². The van der Waals surface area contributed by atoms with Crippen molar-refractivity contribution < 1.29 is 18.7 Å². The van der Waals surface area contributed by atoms with Crippen LogP contribution in [0.5, 0.6) is 0 Å². The summed E-state index contributed by atoms with van der Waals surface area (Å²) in [5, 5.41) is 0. The van der Waals surface area contributed by atoms with Crippen LogP contribution in [0.2, 0.25) is 0 Å². The minimum atomic E-state index is -0.731. The zero-order valence-electron chi connectivity index (χ0n) is 20.7. The zero-order valence-corrected chi connectivity index (χ0v) is 20.7. The molecule has 0 radical (unpaired) electrons. The molecule has 0 N–H and O–H groups in total. The lowest BCUT2D eigenvalue weighted by Gasteiger charge is -2.31. The quantitative estimate of drug-likeness (QED) is 0.352. The lowest BCUT2D eigenvalue weighted by Crippen LogP contribution is -2.36. The van der Waals surface area contributed by atoms with E-state index >= 15 is 0 Å². The van der Waals surface area contributed by atoms with Gasteiger partial charge >= 0.3 is 0 Å². The number of aromatic nitrogens is 1. The third-order valence-corrected chi connectivity index (χ3v) is 6.75. The van der Waals surface area contributed by atoms with E-state index in [4.69, 9.17) is 18.9 Å². The number of hydrogen-bond donors (Lipinski definition) is 0. The number of carbonyl (C=O) groups excluding carboxylic acids is 1. The Morgan fingerprint density at radius 1 is 1.06 bits per heavy atom. The van der Waals surface area contributed by atoms with Gasteiger partial charge in [0.1, 0.15) is 11.3 Å². The smallest absolute Gasteiger partial charge is 0.227 e. The maximum atomic E-state index is 11.8. The van der Waals surface area contributed by atoms with Crippen molar-refractivity contribution in [1.82, 2.24) is 4.98 Å². The minimum Gasteiger partial charge on any atom is -0.436 e. The molecule has 0 spiro atoms. The van der Waals surface area contributed by atoms with Crippen molar-refractivity contribution >= 4 is 5.78 Å². The molecule has 0 saturated heterocycles. The van der Waals surface area contributed by atoms with E-state index in [1.54, 1.807) is 6.92 Å². The van der Waals surface area contributed by atoms with Crippen molar-refractivity contribution in [2.45, 2.75) is 71.7 Å². The number of rotatable bonds is 9. The molecule has 0 amide bonds. The molecule has 1 saturated carbocycles. The molecule has 5 nitrogen and oxygen atoms in total. The summed E-state index contributed by atoms with van der Waals surface area (Å²) in [6.07, 6.45) is 4.29. The SMILES string of the molecule is CC(=O)C(C)(C)OCC1CCCC(OCc2nc(-c3ccc(C)cc3)oc2-c2ccccc2)C1. The van der Waals surface area contributed by atoms with Crippen molar-refractivity contribution in [3.63, 3.8) is 0 Å². The van der Waals surface area contributed by atoms with Crippen LogP contribution < -0.4 is 0 Å². The molecule has 0 bridgehead atoms. The molecule has 1 fully saturated rings. The van der Waals surface area contributed by atoms with Crippen LogP contribution in [-0.2, 0) is 20.9 Å². The van der Waals surface area contributed by atoms with Gasteiger partial charge in [-0.05, 0) is 65.0 Å². The summed E-state index contributed by atoms with van der Waals surface area (Å²) in [5.74, 6) is 1.82. The highest BCUT2D eigenvalue weighted by molar-refractivity contribution is 5.83. The second kappa shape index (κ2) is 10.7. The lowest BCUT2D eigenvalue weighted by atomic mass is 9.87. The van der Waals surface area contributed by atoms with Crippen LogP contribution in [0.1, 0.15) is 57.7 Å². The van der Waals surface area contributed by atoms with Crippen LogP contribution in [0.15, 0.2) is 59.0 Å². The maximum Gasteiger partial charge on any atom is 0.227 e. The largest absolute Gasteiger partial charge is 0.436 e. The zero-order chi connectivity index (χ0) is 24.1. The fourth-order valence-electron chi connectivity index (χ4n) is 4.25. The Labute approximate surface area is 202 Å². The van der Waals surface area contributed by atoms with Crippen LogP contribution >= 0.6 is 0 Å². The summed E-state index contributed by atoms with van der Waals surface area (Å²) < 4.78 is 18.6. The second-order valence-electron chi connectivity index (χ2n) is 9.87. The van der Waals surface area contributed by atoms with E-state index in [9.17, 15) is 4.79 Å². The number of ketones is 1. The molecular formula is C29H35NO4. The molecule has 4 rings (SSSR count). The number of hydrogen-bond acceptors (Lipinski definition) is 5. The number of carbonyl (C=O) groups is 1. The molecule has 3 aromatic rings. The molecule has 1 aliphatic rings. The van der Waals surface area contributed by atoms with Gasteiger partial charge in [-0.2, -0.15) is 0 Å². The van der Waals surface area contributed by atoms with Gasteiger partial charge in [0.25, 0.3) is 0 Å². The molecule has 0 aliphatic heterocycles. The highest BCUT2D eigenvalue weighted by Gasteiger charge is 2.29. The molecule has 34 heavy (non-hydrogen) atoms. The predicted molar refractivity (Wildman–Crippen MR) is 133 cm³/mol. The van der Waals surface area contributed by atoms with Gasteiger partial charge in [0, 0.05) is 11.1 Å². The van der Waals surface area contributed by atoms with Crippen molar-refractivity contribution in [2.24, 2.45) is 5.92 Å². The van der Waals surface area contributed by atoms with Crippen molar-refractivity contribution in [3.8, 4) is 22.8 Å². The Bertz CT molecular complexity index is 1090. The van der Waals surface area contributed by atoms with Gasteiger partial charge in [0.05, 0.1) is 19.3 Å². The van der Waals surface area contributed by atoms with Gasteiger partial charge in [-0.15, -0.1) is 0 Å². The monoisotopic (exact) mass is 461 g/mol. The fraction of sp³-hybridized carbons (Fsp3) is 0.448. The first kappa shape index (κ1) is 24.4. The highest BCUT2D eigenvalue weighted by Crippen LogP contribution is 2.33. The number of ether oxygens (including phenoxy) is 2. The lowest BCUT2D eigenvalue weighted by molar-refractivity contribution is -0.140. The number of Topliss-reactive ketones (excluding diaryl/α,β-unsaturated/α-hetero) is 1. The van der Waals surface area contributed by atoms with Crippen LogP contribution in [0.4, 0.5) is 0 Å². The van der Waals surface area contributed by atoms with E-state index in [0.29, 0.717) is 25.0 Å². The first-order chi connectivity index (χ1) is 16.3. The first-order valence-electron chi connectivity index (χ1n) is 12.2. The van der Waals surface area contributed by atoms with Crippen LogP contribution in [0, 0.1) is 12.8 Å². The van der Waals surface area contributed by atoms with Crippen LogP contribution in [0.25, 0.3) is 22.8 Å². The van der Waals surface area contributed by atoms with E-state index in [2.05, 4.69) is 19.1 Å². The number of nitrogens with zero attached hydrogens (tertiary/aromatic N) is 1. The standard InChI is InChI=1S/C29H35NO4/c1-20-13-15-24(16-14-20)28-30-26(27(34-28)23-10-6-5-7-11-23)19-32-25-12-8-9-22(17-25)18-33-29(3,4)21(2)31/h5-7,10-11,13-16,22,25H,8-9,12,17-19H2,1-4H3. The summed E-state index contributed by atoms with van der Waals surface area (Å²) in [5.41, 5.74) is 3.23. The minimum absolute atomic E-state index is 0.0555. The first-order valence-corrected chi connectivity index (χ1v) is 12.2. The summed E-state index contributed by atoms with van der Waals surface area (Å²) in [4.78, 5) is 16.6. The number of benzene rings is 2. The van der Waals surface area contributed by atoms with E-state index in [1.807, 2.05) is 56.3 Å². The third kappa shape index (κ3) is 6.02. The van der Waals surface area contributed by atoms with Crippen molar-refractivity contribution in [2.75, 3.05) is 6.61 Å². The Morgan fingerprint density at radius 2 is 1.79 bits per heavy atom. The fourth-order valence-corrected chi connectivity index (χ4v) is 4.25. The molecule has 5 heteroatoms. The molecular weight excluding hydrogens is 426 g/mol. The summed E-state index contributed by atoms with van der Waals surface area (Å²) in [7, 11) is 0. The predicted octanol–water partition coefficient (Wildman–Crippen LogP) is 6.78. The van der Waals surface area contributed by atoms with Gasteiger partial charge in [0.15, 0.2) is 11.5 Å². The molecule has 1 aliphatic carbocycles. The van der Waals surface area contributed by atoms with Crippen LogP contribution in [-0.4, -0.2) is 29.1 Å². The van der Waals surface area contributed by atoms with E-state index in [0.717, 1.165) is 48.3 Å². The van der Waals surface area contributed by atoms with Gasteiger partial charge in [-0.25, -0.2) is 4.98 Å². The Kier molecular flexibility index (Phi) is 7.64. The van der Waals surface area contributed by atoms with Gasteiger partial charge < -0.3 is 13.9 Å². The number of oxazole rings is 1. The average molecular weight is 462 g/mol. The Hall–Kier alpha value is -2.76. The van der Waals surface area contributed by atoms with Crippen molar-refractivity contribution in [1.29, 1.82) is 0 Å². The van der Waals surface area contributed by atoms with E-state index < -0.39 is 5.60 Å². The van der Waals surface area contributed by atoms with Crippen LogP contribution in [0.3, 0.4) is 0 Å². The molecule has 2 unspecified atom stereocenters. The normalized spacial score (nSPS) is 18.7. The second-order valence-corrected chi connectivity index (χ2v) is 9.87. The van der Waals surface area contributed by atoms with E-state index in [-0.39, 0.29) is 11.9 Å². The van der Waals surface area contributed by atoms with E-state index in [1.165, 1.54) is 5.56 Å². The van der Waals surface area contributed by atoms with Gasteiger partial charge in [-0.3, -0.25) is 4.79 Å². The summed E-state index contributed by atoms with van der Waals surface area (Å²) >= 11 is 0. The Balaban J connectivity index is 1.45. The van der Waals surface area contributed by atoms with Gasteiger partial charge in [0.2, 0.25) is 5.89 Å². The average Bonchev–Trinajstić information content (AvgIpc) is 3.27. The molecule has 2 atom stereocenters. The maximum absolute atomic E-state index is 11.8.